The van der Waals surface area contributed by atoms with E-state index >= 15 is 0 Å². The minimum absolute atomic E-state index is 0.0500. The molecule has 5 rings (SSSR count). The van der Waals surface area contributed by atoms with Gasteiger partial charge in [-0.1, -0.05) is 37.3 Å². The topological polar surface area (TPSA) is 96.0 Å². The van der Waals surface area contributed by atoms with Gasteiger partial charge in [0.15, 0.2) is 0 Å². The van der Waals surface area contributed by atoms with Gasteiger partial charge >= 0.3 is 0 Å². The van der Waals surface area contributed by atoms with Crippen molar-refractivity contribution in [1.29, 1.82) is 0 Å². The lowest BCUT2D eigenvalue weighted by Crippen LogP contribution is -2.48. The summed E-state index contributed by atoms with van der Waals surface area (Å²) < 4.78 is 0. The maximum Gasteiger partial charge on any atom is 0.262 e. The van der Waals surface area contributed by atoms with Gasteiger partial charge in [-0.2, -0.15) is 0 Å². The van der Waals surface area contributed by atoms with Crippen LogP contribution in [0.15, 0.2) is 48.9 Å². The van der Waals surface area contributed by atoms with Crippen molar-refractivity contribution in [2.75, 3.05) is 5.32 Å². The van der Waals surface area contributed by atoms with Crippen molar-refractivity contribution >= 4 is 40.4 Å². The highest BCUT2D eigenvalue weighted by molar-refractivity contribution is 7.14. The van der Waals surface area contributed by atoms with Gasteiger partial charge in [0.1, 0.15) is 6.04 Å². The van der Waals surface area contributed by atoms with Crippen molar-refractivity contribution in [2.45, 2.75) is 70.0 Å². The lowest BCUT2D eigenvalue weighted by atomic mass is 9.97. The summed E-state index contributed by atoms with van der Waals surface area (Å²) in [6, 6.07) is 9.15. The third kappa shape index (κ3) is 6.67. The van der Waals surface area contributed by atoms with Gasteiger partial charge in [-0.15, -0.1) is 11.3 Å². The minimum Gasteiger partial charge on any atom is -0.376 e. The number of carbonyl (C=O) groups is 2. The van der Waals surface area contributed by atoms with E-state index in [9.17, 15) is 9.59 Å². The van der Waals surface area contributed by atoms with Crippen LogP contribution in [0.5, 0.6) is 0 Å². The average molecular weight is 538 g/mol. The summed E-state index contributed by atoms with van der Waals surface area (Å²) in [6.45, 7) is 2.04. The predicted octanol–water partition coefficient (Wildman–Crippen LogP) is 5.99. The Hall–Kier alpha value is -2.97. The number of amides is 2. The Morgan fingerprint density at radius 2 is 1.95 bits per heavy atom. The first kappa shape index (κ1) is 25.7. The van der Waals surface area contributed by atoms with Crippen molar-refractivity contribution in [3.8, 4) is 11.3 Å². The molecule has 7 nitrogen and oxygen atoms in total. The fraction of sp³-hybridized carbons (Fsp3) is 0.429. The van der Waals surface area contributed by atoms with Gasteiger partial charge < -0.3 is 16.0 Å². The van der Waals surface area contributed by atoms with Crippen LogP contribution >= 0.6 is 22.9 Å². The molecule has 0 spiro atoms. The van der Waals surface area contributed by atoms with Gasteiger partial charge in [0.2, 0.25) is 5.91 Å². The van der Waals surface area contributed by atoms with Crippen LogP contribution < -0.4 is 16.0 Å². The van der Waals surface area contributed by atoms with E-state index in [1.165, 1.54) is 24.2 Å². The number of anilines is 1. The molecule has 2 amide bonds. The molecule has 0 aliphatic heterocycles. The third-order valence-corrected chi connectivity index (χ3v) is 8.50. The zero-order valence-corrected chi connectivity index (χ0v) is 22.4. The second kappa shape index (κ2) is 11.6. The van der Waals surface area contributed by atoms with E-state index in [0.717, 1.165) is 47.5 Å². The average Bonchev–Trinajstić information content (AvgIpc) is 3.33. The van der Waals surface area contributed by atoms with Crippen molar-refractivity contribution in [2.24, 2.45) is 5.92 Å². The normalized spacial score (nSPS) is 17.2. The van der Waals surface area contributed by atoms with Crippen LogP contribution in [0.1, 0.15) is 72.5 Å². The lowest BCUT2D eigenvalue weighted by molar-refractivity contribution is -0.123. The summed E-state index contributed by atoms with van der Waals surface area (Å²) in [4.78, 5) is 36.4. The lowest BCUT2D eigenvalue weighted by Gasteiger charge is -2.21. The number of halogens is 1. The van der Waals surface area contributed by atoms with E-state index in [1.807, 2.05) is 37.3 Å². The zero-order chi connectivity index (χ0) is 25.8. The molecule has 0 bridgehead atoms. The highest BCUT2D eigenvalue weighted by Gasteiger charge is 2.31. The van der Waals surface area contributed by atoms with Crippen molar-refractivity contribution in [3.05, 3.63) is 63.7 Å². The molecule has 0 aromatic carbocycles. The molecule has 3 heterocycles. The summed E-state index contributed by atoms with van der Waals surface area (Å²) in [5.41, 5.74) is 2.44. The van der Waals surface area contributed by atoms with Gasteiger partial charge in [-0.05, 0) is 62.4 Å². The molecule has 0 radical (unpaired) electrons. The number of carbonyl (C=O) groups excluding carboxylic acids is 2. The fourth-order valence-corrected chi connectivity index (χ4v) is 5.94. The van der Waals surface area contributed by atoms with Crippen LogP contribution in [0, 0.1) is 5.92 Å². The molecule has 2 aliphatic carbocycles. The molecule has 3 aromatic heterocycles. The maximum atomic E-state index is 13.2. The van der Waals surface area contributed by atoms with E-state index in [2.05, 4.69) is 25.9 Å². The number of hydrogen-bond donors (Lipinski definition) is 3. The molecular formula is C28H32ClN5O2S. The Labute approximate surface area is 226 Å². The second-order valence-electron chi connectivity index (χ2n) is 10.1. The molecule has 194 valence electrons. The summed E-state index contributed by atoms with van der Waals surface area (Å²) in [5, 5.41) is 10.1. The highest BCUT2D eigenvalue weighted by atomic mass is 35.5. The van der Waals surface area contributed by atoms with Crippen LogP contribution in [0.2, 0.25) is 5.02 Å². The van der Waals surface area contributed by atoms with Gasteiger partial charge in [0.25, 0.3) is 5.91 Å². The molecule has 3 N–H and O–H groups in total. The van der Waals surface area contributed by atoms with Crippen LogP contribution in [0.4, 0.5) is 5.69 Å². The van der Waals surface area contributed by atoms with Crippen molar-refractivity contribution in [3.63, 3.8) is 0 Å². The predicted molar refractivity (Wildman–Crippen MR) is 148 cm³/mol. The fourth-order valence-electron chi connectivity index (χ4n) is 4.86. The van der Waals surface area contributed by atoms with E-state index in [-0.39, 0.29) is 23.9 Å². The number of aromatic nitrogens is 2. The first-order chi connectivity index (χ1) is 18.0. The molecule has 9 heteroatoms. The van der Waals surface area contributed by atoms with E-state index in [0.29, 0.717) is 22.2 Å². The molecule has 3 aromatic rings. The molecule has 2 aliphatic rings. The van der Waals surface area contributed by atoms with E-state index < -0.39 is 6.04 Å². The largest absolute Gasteiger partial charge is 0.376 e. The number of nitrogens with zero attached hydrogens (tertiary/aromatic N) is 2. The Bertz CT molecular complexity index is 1240. The van der Waals surface area contributed by atoms with Gasteiger partial charge in [0, 0.05) is 35.1 Å². The second-order valence-corrected chi connectivity index (χ2v) is 11.6. The number of thiophene rings is 1. The molecular weight excluding hydrogens is 506 g/mol. The van der Waals surface area contributed by atoms with Crippen LogP contribution in [0.25, 0.3) is 11.3 Å². The van der Waals surface area contributed by atoms with Gasteiger partial charge in [0.05, 0.1) is 27.3 Å². The Balaban J connectivity index is 1.27. The SMILES string of the molecule is C[C@@H](Nc1cc(Cl)cnc1-c1cccnc1)c1ccc(C(=O)N[C@@H](CC2CCCC2)C(=O)NC2CC2)s1. The highest BCUT2D eigenvalue weighted by Crippen LogP contribution is 2.33. The first-order valence-electron chi connectivity index (χ1n) is 13.0. The Morgan fingerprint density at radius 3 is 2.68 bits per heavy atom. The summed E-state index contributed by atoms with van der Waals surface area (Å²) in [6.07, 6.45) is 12.6. The van der Waals surface area contributed by atoms with Crippen LogP contribution in [0.3, 0.4) is 0 Å². The van der Waals surface area contributed by atoms with E-state index in [1.54, 1.807) is 18.6 Å². The number of pyridine rings is 2. The molecule has 2 atom stereocenters. The standard InChI is InChI=1S/C28H32ClN5O2S/c1-17(32-22-14-20(29)16-31-26(22)19-7-4-12-30-15-19)24-10-11-25(37-24)28(36)34-23(13-18-5-2-3-6-18)27(35)33-21-8-9-21/h4,7,10-12,14-18,21,23,32H,2-3,5-6,8-9,13H2,1H3,(H,33,35)(H,34,36)/t17-,23+/m1/s1. The molecule has 2 fully saturated rings. The third-order valence-electron chi connectivity index (χ3n) is 7.03. The van der Waals surface area contributed by atoms with Crippen molar-refractivity contribution < 1.29 is 9.59 Å². The molecule has 0 unspecified atom stereocenters. The van der Waals surface area contributed by atoms with Crippen molar-refractivity contribution in [1.82, 2.24) is 20.6 Å². The van der Waals surface area contributed by atoms with Crippen LogP contribution in [-0.4, -0.2) is 33.9 Å². The minimum atomic E-state index is -0.489. The summed E-state index contributed by atoms with van der Waals surface area (Å²) in [5.74, 6) is 0.252. The Morgan fingerprint density at radius 1 is 1.14 bits per heavy atom. The van der Waals surface area contributed by atoms with Crippen LogP contribution in [-0.2, 0) is 4.79 Å². The number of nitrogens with one attached hydrogen (secondary N) is 3. The quantitative estimate of drug-likeness (QED) is 0.295. The molecule has 37 heavy (non-hydrogen) atoms. The smallest absolute Gasteiger partial charge is 0.262 e. The molecule has 0 saturated heterocycles. The molecule has 2 saturated carbocycles. The first-order valence-corrected chi connectivity index (χ1v) is 14.2. The summed E-state index contributed by atoms with van der Waals surface area (Å²) in [7, 11) is 0. The van der Waals surface area contributed by atoms with Gasteiger partial charge in [-0.3, -0.25) is 19.6 Å². The number of rotatable bonds is 10. The zero-order valence-electron chi connectivity index (χ0n) is 20.9. The van der Waals surface area contributed by atoms with E-state index in [4.69, 9.17) is 11.6 Å². The number of hydrogen-bond acceptors (Lipinski definition) is 6. The monoisotopic (exact) mass is 537 g/mol. The van der Waals surface area contributed by atoms with Gasteiger partial charge in [-0.25, -0.2) is 0 Å². The Kier molecular flexibility index (Phi) is 8.05. The summed E-state index contributed by atoms with van der Waals surface area (Å²) >= 11 is 7.67. The maximum absolute atomic E-state index is 13.2.